The topological polar surface area (TPSA) is 97.9 Å². The van der Waals surface area contributed by atoms with Crippen molar-refractivity contribution in [2.45, 2.75) is 11.7 Å². The van der Waals surface area contributed by atoms with Gasteiger partial charge < -0.3 is 5.32 Å². The van der Waals surface area contributed by atoms with Crippen molar-refractivity contribution < 1.29 is 4.79 Å². The second-order valence-corrected chi connectivity index (χ2v) is 6.67. The summed E-state index contributed by atoms with van der Waals surface area (Å²) in [7, 11) is 0. The van der Waals surface area contributed by atoms with Crippen LogP contribution in [-0.2, 0) is 11.3 Å². The standard InChI is InChI=1S/C17H17ClN6OS/c18-12-6-8-13(9-7-12)20-10-15-22-23-17(26-11-16(25)21-19)24(15)14-4-2-1-3-5-14/h1-9,20H,10-11,19H2,(H,21,25). The molecule has 3 rings (SSSR count). The van der Waals surface area contributed by atoms with Crippen molar-refractivity contribution in [1.82, 2.24) is 20.2 Å². The van der Waals surface area contributed by atoms with Gasteiger partial charge in [-0.25, -0.2) is 5.84 Å². The average molecular weight is 389 g/mol. The number of hydrazine groups is 1. The number of benzene rings is 2. The van der Waals surface area contributed by atoms with Crippen LogP contribution in [0.2, 0.25) is 5.02 Å². The van der Waals surface area contributed by atoms with Gasteiger partial charge >= 0.3 is 0 Å². The fourth-order valence-corrected chi connectivity index (χ4v) is 3.17. The van der Waals surface area contributed by atoms with Gasteiger partial charge in [-0.3, -0.25) is 14.8 Å². The monoisotopic (exact) mass is 388 g/mol. The predicted molar refractivity (Wildman–Crippen MR) is 103 cm³/mol. The second-order valence-electron chi connectivity index (χ2n) is 5.29. The zero-order valence-corrected chi connectivity index (χ0v) is 15.3. The smallest absolute Gasteiger partial charge is 0.244 e. The van der Waals surface area contributed by atoms with E-state index in [0.717, 1.165) is 17.2 Å². The van der Waals surface area contributed by atoms with E-state index in [0.29, 0.717) is 16.7 Å². The number of hydrogen-bond acceptors (Lipinski definition) is 6. The summed E-state index contributed by atoms with van der Waals surface area (Å²) >= 11 is 7.18. The minimum absolute atomic E-state index is 0.159. The highest BCUT2D eigenvalue weighted by Gasteiger charge is 2.15. The van der Waals surface area contributed by atoms with E-state index < -0.39 is 0 Å². The zero-order valence-electron chi connectivity index (χ0n) is 13.7. The molecule has 2 aromatic carbocycles. The molecule has 7 nitrogen and oxygen atoms in total. The molecule has 0 unspecified atom stereocenters. The van der Waals surface area contributed by atoms with Crippen molar-refractivity contribution in [2.75, 3.05) is 11.1 Å². The van der Waals surface area contributed by atoms with Crippen LogP contribution in [0.15, 0.2) is 59.8 Å². The summed E-state index contributed by atoms with van der Waals surface area (Å²) in [5.41, 5.74) is 3.95. The number of para-hydroxylation sites is 1. The molecule has 1 aromatic heterocycles. The van der Waals surface area contributed by atoms with Crippen molar-refractivity contribution in [2.24, 2.45) is 5.84 Å². The highest BCUT2D eigenvalue weighted by Crippen LogP contribution is 2.22. The van der Waals surface area contributed by atoms with Gasteiger partial charge in [-0.05, 0) is 36.4 Å². The maximum atomic E-state index is 11.4. The van der Waals surface area contributed by atoms with Crippen LogP contribution in [0.1, 0.15) is 5.82 Å². The predicted octanol–water partition coefficient (Wildman–Crippen LogP) is 2.61. The van der Waals surface area contributed by atoms with Gasteiger partial charge in [0.05, 0.1) is 12.3 Å². The van der Waals surface area contributed by atoms with E-state index in [4.69, 9.17) is 17.4 Å². The molecule has 4 N–H and O–H groups in total. The minimum Gasteiger partial charge on any atom is -0.378 e. The number of carbonyl (C=O) groups is 1. The molecule has 0 aliphatic carbocycles. The summed E-state index contributed by atoms with van der Waals surface area (Å²) in [6.45, 7) is 0.465. The van der Waals surface area contributed by atoms with Gasteiger partial charge in [-0.2, -0.15) is 0 Å². The van der Waals surface area contributed by atoms with E-state index >= 15 is 0 Å². The molecule has 0 radical (unpaired) electrons. The molecule has 0 spiro atoms. The molecule has 0 bridgehead atoms. The second kappa shape index (κ2) is 8.70. The van der Waals surface area contributed by atoms with Crippen molar-refractivity contribution >= 4 is 35.0 Å². The lowest BCUT2D eigenvalue weighted by Crippen LogP contribution is -2.31. The third kappa shape index (κ3) is 4.54. The van der Waals surface area contributed by atoms with Crippen LogP contribution in [0.5, 0.6) is 0 Å². The molecule has 0 aliphatic rings. The Kier molecular flexibility index (Phi) is 6.11. The van der Waals surface area contributed by atoms with Crippen molar-refractivity contribution in [3.05, 3.63) is 65.4 Å². The number of carbonyl (C=O) groups excluding carboxylic acids is 1. The normalized spacial score (nSPS) is 10.5. The Hall–Kier alpha value is -2.55. The Morgan fingerprint density at radius 1 is 1.12 bits per heavy atom. The zero-order chi connectivity index (χ0) is 18.4. The van der Waals surface area contributed by atoms with Crippen LogP contribution in [0.3, 0.4) is 0 Å². The first-order valence-corrected chi connectivity index (χ1v) is 9.15. The Morgan fingerprint density at radius 2 is 1.85 bits per heavy atom. The lowest BCUT2D eigenvalue weighted by Gasteiger charge is -2.11. The number of nitrogens with two attached hydrogens (primary N) is 1. The summed E-state index contributed by atoms with van der Waals surface area (Å²) in [5.74, 6) is 5.74. The molecule has 9 heteroatoms. The molecule has 1 amide bonds. The largest absolute Gasteiger partial charge is 0.378 e. The maximum Gasteiger partial charge on any atom is 0.244 e. The highest BCUT2D eigenvalue weighted by molar-refractivity contribution is 7.99. The molecular formula is C17H17ClN6OS. The number of nitrogens with zero attached hydrogens (tertiary/aromatic N) is 3. The molecule has 0 atom stereocenters. The van der Waals surface area contributed by atoms with E-state index in [9.17, 15) is 4.79 Å². The molecule has 134 valence electrons. The number of rotatable bonds is 7. The Bertz CT molecular complexity index is 869. The quantitative estimate of drug-likeness (QED) is 0.249. The van der Waals surface area contributed by atoms with Gasteiger partial charge in [0.15, 0.2) is 11.0 Å². The van der Waals surface area contributed by atoms with Crippen LogP contribution in [0.25, 0.3) is 5.69 Å². The van der Waals surface area contributed by atoms with Gasteiger partial charge in [0, 0.05) is 16.4 Å². The van der Waals surface area contributed by atoms with Crippen molar-refractivity contribution in [3.63, 3.8) is 0 Å². The fourth-order valence-electron chi connectivity index (χ4n) is 2.27. The fraction of sp³-hybridized carbons (Fsp3) is 0.118. The Morgan fingerprint density at radius 3 is 2.54 bits per heavy atom. The first-order chi connectivity index (χ1) is 12.7. The molecule has 3 aromatic rings. The van der Waals surface area contributed by atoms with Crippen LogP contribution >= 0.6 is 23.4 Å². The third-order valence-electron chi connectivity index (χ3n) is 3.50. The summed E-state index contributed by atoms with van der Waals surface area (Å²) < 4.78 is 1.91. The van der Waals surface area contributed by atoms with E-state index in [1.165, 1.54) is 11.8 Å². The minimum atomic E-state index is -0.279. The summed E-state index contributed by atoms with van der Waals surface area (Å²) in [6.07, 6.45) is 0. The number of amides is 1. The van der Waals surface area contributed by atoms with Crippen molar-refractivity contribution in [3.8, 4) is 5.69 Å². The number of aromatic nitrogens is 3. The number of anilines is 1. The summed E-state index contributed by atoms with van der Waals surface area (Å²) in [6, 6.07) is 17.2. The first-order valence-electron chi connectivity index (χ1n) is 7.79. The summed E-state index contributed by atoms with van der Waals surface area (Å²) in [5, 5.41) is 13.1. The highest BCUT2D eigenvalue weighted by atomic mass is 35.5. The van der Waals surface area contributed by atoms with Gasteiger partial charge in [0.25, 0.3) is 0 Å². The number of thioether (sulfide) groups is 1. The Labute approximate surface area is 159 Å². The van der Waals surface area contributed by atoms with Crippen LogP contribution < -0.4 is 16.6 Å². The van der Waals surface area contributed by atoms with Gasteiger partial charge in [-0.15, -0.1) is 10.2 Å². The van der Waals surface area contributed by atoms with Gasteiger partial charge in [0.1, 0.15) is 0 Å². The van der Waals surface area contributed by atoms with Crippen molar-refractivity contribution in [1.29, 1.82) is 0 Å². The molecule has 0 aliphatic heterocycles. The molecule has 0 saturated heterocycles. The number of halogens is 1. The van der Waals surface area contributed by atoms with E-state index in [1.807, 2.05) is 59.2 Å². The molecule has 0 fully saturated rings. The maximum absolute atomic E-state index is 11.4. The van der Waals surface area contributed by atoms with Gasteiger partial charge in [-0.1, -0.05) is 41.6 Å². The molecule has 26 heavy (non-hydrogen) atoms. The van der Waals surface area contributed by atoms with E-state index in [2.05, 4.69) is 20.9 Å². The average Bonchev–Trinajstić information content (AvgIpc) is 3.09. The number of hydrogen-bond donors (Lipinski definition) is 3. The molecular weight excluding hydrogens is 372 g/mol. The molecule has 1 heterocycles. The molecule has 0 saturated carbocycles. The third-order valence-corrected chi connectivity index (χ3v) is 4.68. The van der Waals surface area contributed by atoms with Crippen LogP contribution in [0.4, 0.5) is 5.69 Å². The van der Waals surface area contributed by atoms with Gasteiger partial charge in [0.2, 0.25) is 5.91 Å². The first kappa shape index (κ1) is 18.2. The van der Waals surface area contributed by atoms with E-state index in [1.54, 1.807) is 0 Å². The lowest BCUT2D eigenvalue weighted by atomic mass is 10.3. The van der Waals surface area contributed by atoms with Crippen LogP contribution in [-0.4, -0.2) is 26.4 Å². The number of nitrogens with one attached hydrogen (secondary N) is 2. The summed E-state index contributed by atoms with van der Waals surface area (Å²) in [4.78, 5) is 11.4. The Balaban J connectivity index is 1.83. The SMILES string of the molecule is NNC(=O)CSc1nnc(CNc2ccc(Cl)cc2)n1-c1ccccc1. The lowest BCUT2D eigenvalue weighted by molar-refractivity contribution is -0.118. The van der Waals surface area contributed by atoms with E-state index in [-0.39, 0.29) is 11.7 Å². The van der Waals surface area contributed by atoms with Crippen LogP contribution in [0, 0.1) is 0 Å².